The van der Waals surface area contributed by atoms with Crippen LogP contribution in [0.4, 0.5) is 6.01 Å². The van der Waals surface area contributed by atoms with Gasteiger partial charge in [-0.3, -0.25) is 14.7 Å². The summed E-state index contributed by atoms with van der Waals surface area (Å²) in [5, 5.41) is 20.1. The Morgan fingerprint density at radius 3 is 2.80 bits per heavy atom. The average Bonchev–Trinajstić information content (AvgIpc) is 3.30. The topological polar surface area (TPSA) is 108 Å². The van der Waals surface area contributed by atoms with Gasteiger partial charge in [0.15, 0.2) is 11.0 Å². The molecular weight excluding hydrogens is 428 g/mol. The molecule has 1 fully saturated rings. The first kappa shape index (κ1) is 20.7. The number of rotatable bonds is 9. The van der Waals surface area contributed by atoms with Crippen LogP contribution < -0.4 is 10.1 Å². The molecule has 11 heteroatoms. The summed E-state index contributed by atoms with van der Waals surface area (Å²) in [4.78, 5) is 12.3. The van der Waals surface area contributed by atoms with E-state index in [1.165, 1.54) is 11.8 Å². The molecule has 1 saturated carbocycles. The van der Waals surface area contributed by atoms with Crippen LogP contribution in [0.2, 0.25) is 5.02 Å². The summed E-state index contributed by atoms with van der Waals surface area (Å²) in [6.07, 6.45) is 2.10. The zero-order chi connectivity index (χ0) is 21.1. The first-order valence-electron chi connectivity index (χ1n) is 9.58. The lowest BCUT2D eigenvalue weighted by atomic mass is 10.2. The quantitative estimate of drug-likeness (QED) is 0.488. The molecule has 9 nitrogen and oxygen atoms in total. The minimum atomic E-state index is -0.252. The van der Waals surface area contributed by atoms with Gasteiger partial charge in [-0.25, -0.2) is 0 Å². The van der Waals surface area contributed by atoms with E-state index in [-0.39, 0.29) is 30.2 Å². The predicted octanol–water partition coefficient (Wildman–Crippen LogP) is 4.08. The normalized spacial score (nSPS) is 13.6. The van der Waals surface area contributed by atoms with Gasteiger partial charge in [-0.1, -0.05) is 54.4 Å². The molecule has 1 amide bonds. The van der Waals surface area contributed by atoms with Crippen molar-refractivity contribution >= 4 is 35.3 Å². The molecule has 1 aliphatic rings. The number of aromatic nitrogens is 5. The molecule has 0 radical (unpaired) electrons. The third-order valence-corrected chi connectivity index (χ3v) is 5.61. The highest BCUT2D eigenvalue weighted by Crippen LogP contribution is 2.39. The number of carbonyl (C=O) groups is 1. The van der Waals surface area contributed by atoms with E-state index in [0.717, 1.165) is 12.8 Å². The number of hydrogen-bond donors (Lipinski definition) is 1. The number of benzene rings is 1. The van der Waals surface area contributed by atoms with Crippen molar-refractivity contribution in [3.63, 3.8) is 0 Å². The number of para-hydroxylation sites is 1. The van der Waals surface area contributed by atoms with Crippen molar-refractivity contribution in [1.82, 2.24) is 25.0 Å². The standard InChI is InChI=1S/C19H21ClN6O3S/c1-11(2)17-23-24-18(29-17)21-16(27)10-30-19-25-22-15(26(19)12-7-8-12)9-28-14-6-4-3-5-13(14)20/h3-6,11-12H,7-10H2,1-2H3,(H,21,24,27). The zero-order valence-corrected chi connectivity index (χ0v) is 18.1. The van der Waals surface area contributed by atoms with E-state index in [0.29, 0.717) is 33.7 Å². The number of amides is 1. The number of anilines is 1. The van der Waals surface area contributed by atoms with Crippen LogP contribution in [-0.2, 0) is 11.4 Å². The van der Waals surface area contributed by atoms with E-state index in [4.69, 9.17) is 20.8 Å². The fourth-order valence-corrected chi connectivity index (χ4v) is 3.73. The lowest BCUT2D eigenvalue weighted by Gasteiger charge is -2.10. The van der Waals surface area contributed by atoms with Crippen LogP contribution in [-0.4, -0.2) is 36.6 Å². The second-order valence-electron chi connectivity index (χ2n) is 7.16. The summed E-state index contributed by atoms with van der Waals surface area (Å²) in [5.41, 5.74) is 0. The highest BCUT2D eigenvalue weighted by Gasteiger charge is 2.30. The van der Waals surface area contributed by atoms with Gasteiger partial charge in [0, 0.05) is 12.0 Å². The molecule has 2 aromatic heterocycles. The second-order valence-corrected chi connectivity index (χ2v) is 8.51. The molecule has 0 aliphatic heterocycles. The van der Waals surface area contributed by atoms with Crippen molar-refractivity contribution in [3.05, 3.63) is 41.0 Å². The Morgan fingerprint density at radius 1 is 1.30 bits per heavy atom. The number of carbonyl (C=O) groups excluding carboxylic acids is 1. The van der Waals surface area contributed by atoms with Crippen molar-refractivity contribution in [2.75, 3.05) is 11.1 Å². The Hall–Kier alpha value is -2.59. The van der Waals surface area contributed by atoms with Crippen molar-refractivity contribution in [2.24, 2.45) is 0 Å². The maximum atomic E-state index is 12.3. The Balaban J connectivity index is 1.37. The maximum absolute atomic E-state index is 12.3. The van der Waals surface area contributed by atoms with Gasteiger partial charge < -0.3 is 9.15 Å². The summed E-state index contributed by atoms with van der Waals surface area (Å²) in [6, 6.07) is 7.72. The molecule has 0 atom stereocenters. The van der Waals surface area contributed by atoms with Gasteiger partial charge >= 0.3 is 6.01 Å². The van der Waals surface area contributed by atoms with Gasteiger partial charge in [0.2, 0.25) is 11.8 Å². The molecule has 0 spiro atoms. The van der Waals surface area contributed by atoms with Crippen molar-refractivity contribution in [3.8, 4) is 5.75 Å². The maximum Gasteiger partial charge on any atom is 0.322 e. The molecule has 30 heavy (non-hydrogen) atoms. The molecule has 4 rings (SSSR count). The average molecular weight is 449 g/mol. The number of halogens is 1. The number of thioether (sulfide) groups is 1. The molecular formula is C19H21ClN6O3S. The molecule has 1 aliphatic carbocycles. The number of hydrogen-bond acceptors (Lipinski definition) is 8. The van der Waals surface area contributed by atoms with Crippen LogP contribution in [0.5, 0.6) is 5.75 Å². The molecule has 3 aromatic rings. The zero-order valence-electron chi connectivity index (χ0n) is 16.5. The van der Waals surface area contributed by atoms with Crippen molar-refractivity contribution in [1.29, 1.82) is 0 Å². The first-order valence-corrected chi connectivity index (χ1v) is 10.9. The van der Waals surface area contributed by atoms with E-state index in [2.05, 4.69) is 25.7 Å². The van der Waals surface area contributed by atoms with Gasteiger partial charge in [-0.05, 0) is 25.0 Å². The fraction of sp³-hybridized carbons (Fsp3) is 0.421. The minimum Gasteiger partial charge on any atom is -0.484 e. The molecule has 0 bridgehead atoms. The largest absolute Gasteiger partial charge is 0.484 e. The number of nitrogens with zero attached hydrogens (tertiary/aromatic N) is 5. The summed E-state index contributed by atoms with van der Waals surface area (Å²) < 4.78 is 13.3. The number of nitrogens with one attached hydrogen (secondary N) is 1. The van der Waals surface area contributed by atoms with Gasteiger partial charge in [0.1, 0.15) is 12.4 Å². The van der Waals surface area contributed by atoms with Gasteiger partial charge in [-0.2, -0.15) is 0 Å². The van der Waals surface area contributed by atoms with Crippen LogP contribution in [0.15, 0.2) is 33.8 Å². The summed E-state index contributed by atoms with van der Waals surface area (Å²) in [5.74, 6) is 1.78. The van der Waals surface area contributed by atoms with E-state index in [1.54, 1.807) is 6.07 Å². The number of ether oxygens (including phenoxy) is 1. The molecule has 1 aromatic carbocycles. The Kier molecular flexibility index (Phi) is 6.24. The smallest absolute Gasteiger partial charge is 0.322 e. The lowest BCUT2D eigenvalue weighted by Crippen LogP contribution is -2.15. The van der Waals surface area contributed by atoms with E-state index >= 15 is 0 Å². The van der Waals surface area contributed by atoms with Crippen molar-refractivity contribution < 1.29 is 13.9 Å². The Morgan fingerprint density at radius 2 is 2.10 bits per heavy atom. The third-order valence-electron chi connectivity index (χ3n) is 4.35. The monoisotopic (exact) mass is 448 g/mol. The van der Waals surface area contributed by atoms with Gasteiger partial charge in [0.05, 0.1) is 10.8 Å². The van der Waals surface area contributed by atoms with Gasteiger partial charge in [-0.15, -0.1) is 15.3 Å². The van der Waals surface area contributed by atoms with Crippen LogP contribution in [0.1, 0.15) is 50.4 Å². The molecule has 0 unspecified atom stereocenters. The summed E-state index contributed by atoms with van der Waals surface area (Å²) >= 11 is 7.45. The molecule has 1 N–H and O–H groups in total. The van der Waals surface area contributed by atoms with E-state index in [1.807, 2.05) is 36.6 Å². The Bertz CT molecular complexity index is 1030. The molecule has 0 saturated heterocycles. The second kappa shape index (κ2) is 9.05. The summed E-state index contributed by atoms with van der Waals surface area (Å²) in [7, 11) is 0. The minimum absolute atomic E-state index is 0.0982. The molecule has 158 valence electrons. The SMILES string of the molecule is CC(C)c1nnc(NC(=O)CSc2nnc(COc3ccccc3Cl)n2C2CC2)o1. The van der Waals surface area contributed by atoms with Crippen LogP contribution in [0, 0.1) is 0 Å². The van der Waals surface area contributed by atoms with Crippen LogP contribution in [0.3, 0.4) is 0 Å². The molecule has 2 heterocycles. The lowest BCUT2D eigenvalue weighted by molar-refractivity contribution is -0.113. The van der Waals surface area contributed by atoms with Crippen LogP contribution >= 0.6 is 23.4 Å². The Labute approximate surface area is 182 Å². The first-order chi connectivity index (χ1) is 14.5. The van der Waals surface area contributed by atoms with E-state index in [9.17, 15) is 4.79 Å². The van der Waals surface area contributed by atoms with Gasteiger partial charge in [0.25, 0.3) is 0 Å². The summed E-state index contributed by atoms with van der Waals surface area (Å²) in [6.45, 7) is 4.12. The fourth-order valence-electron chi connectivity index (χ4n) is 2.71. The van der Waals surface area contributed by atoms with Crippen molar-refractivity contribution in [2.45, 2.75) is 50.4 Å². The van der Waals surface area contributed by atoms with Crippen LogP contribution in [0.25, 0.3) is 0 Å². The highest BCUT2D eigenvalue weighted by atomic mass is 35.5. The predicted molar refractivity (Wildman–Crippen MR) is 112 cm³/mol. The highest BCUT2D eigenvalue weighted by molar-refractivity contribution is 7.99. The van der Waals surface area contributed by atoms with E-state index < -0.39 is 0 Å². The third kappa shape index (κ3) is 4.93.